The summed E-state index contributed by atoms with van der Waals surface area (Å²) in [6.45, 7) is 1.71. The normalized spacial score (nSPS) is 15.6. The summed E-state index contributed by atoms with van der Waals surface area (Å²) >= 11 is 6.11. The first-order valence-corrected chi connectivity index (χ1v) is 19.7. The number of amides is 1. The number of nitrogens with zero attached hydrogens (tertiary/aromatic N) is 5. The monoisotopic (exact) mass is 869 g/mol. The van der Waals surface area contributed by atoms with Crippen molar-refractivity contribution >= 4 is 35.0 Å². The standard InChI is InChI=1S/C43H35ClF3N7O8/c1-2-61-41(58)31-21-51(18-22-3-4-22)42(59)54(40(31)57)27-10-11-32(46)29(17-27)28-15-23(28)19-52-20-30(39(56)53(43(52)60)26-8-5-24(45)6-9-26)38(55)50-25-7-12-34(33(47)16-25)62-35-13-14-49-37(48)36(35)44/h5-14,16-17,20-23,28H,2-4,15,18-19H2,1H3,(H2,48,49)(H,50,55). The molecule has 2 aliphatic carbocycles. The Morgan fingerprint density at radius 1 is 0.823 bits per heavy atom. The predicted molar refractivity (Wildman–Crippen MR) is 220 cm³/mol. The van der Waals surface area contributed by atoms with Crippen LogP contribution in [-0.4, -0.2) is 41.7 Å². The summed E-state index contributed by atoms with van der Waals surface area (Å²) in [7, 11) is 0. The molecular weight excluding hydrogens is 835 g/mol. The summed E-state index contributed by atoms with van der Waals surface area (Å²) in [5.41, 5.74) is 1.20. The second-order valence-corrected chi connectivity index (χ2v) is 15.3. The van der Waals surface area contributed by atoms with E-state index in [1.807, 2.05) is 0 Å². The Kier molecular flexibility index (Phi) is 11.2. The fourth-order valence-corrected chi connectivity index (χ4v) is 7.28. The minimum atomic E-state index is -1.06. The number of esters is 1. The zero-order valence-corrected chi connectivity index (χ0v) is 33.4. The van der Waals surface area contributed by atoms with Gasteiger partial charge in [0.1, 0.15) is 33.6 Å². The largest absolute Gasteiger partial charge is 0.462 e. The SMILES string of the molecule is CCOC(=O)c1cn(CC2CC2)c(=O)n(-c2ccc(F)c(C3CC3Cn3cc(C(=O)Nc4ccc(Oc5ccnc(N)c5Cl)c(F)c4)c(=O)n(-c4ccc(F)cc4)c3=O)c2)c1=O. The molecule has 8 rings (SSSR count). The molecule has 0 saturated heterocycles. The number of nitrogens with two attached hydrogens (primary N) is 1. The van der Waals surface area contributed by atoms with Gasteiger partial charge in [0.05, 0.1) is 18.0 Å². The van der Waals surface area contributed by atoms with Gasteiger partial charge in [-0.05, 0) is 104 Å². The number of ether oxygens (including phenoxy) is 2. The number of pyridine rings is 1. The molecule has 0 aliphatic heterocycles. The zero-order valence-electron chi connectivity index (χ0n) is 32.6. The van der Waals surface area contributed by atoms with Crippen LogP contribution in [0.5, 0.6) is 11.5 Å². The lowest BCUT2D eigenvalue weighted by atomic mass is 10.1. The maximum Gasteiger partial charge on any atom is 0.345 e. The average molecular weight is 870 g/mol. The number of carbonyl (C=O) groups is 2. The van der Waals surface area contributed by atoms with Crippen LogP contribution in [0.15, 0.2) is 104 Å². The smallest absolute Gasteiger partial charge is 0.345 e. The average Bonchev–Trinajstić information content (AvgIpc) is 4.19. The summed E-state index contributed by atoms with van der Waals surface area (Å²) in [5, 5.41) is 2.41. The van der Waals surface area contributed by atoms with Gasteiger partial charge in [-0.3, -0.25) is 23.5 Å². The molecule has 3 aromatic carbocycles. The first kappa shape index (κ1) is 41.5. The summed E-state index contributed by atoms with van der Waals surface area (Å²) < 4.78 is 59.2. The molecule has 2 saturated carbocycles. The lowest BCUT2D eigenvalue weighted by Crippen LogP contribution is -2.42. The van der Waals surface area contributed by atoms with Gasteiger partial charge in [0.15, 0.2) is 17.3 Å². The third kappa shape index (κ3) is 8.28. The van der Waals surface area contributed by atoms with E-state index in [0.29, 0.717) is 11.0 Å². The number of nitrogen functional groups attached to an aromatic ring is 1. The number of halogens is 4. The number of carbonyl (C=O) groups excluding carboxylic acids is 2. The van der Waals surface area contributed by atoms with Crippen molar-refractivity contribution in [3.63, 3.8) is 0 Å². The fourth-order valence-electron chi connectivity index (χ4n) is 7.13. The van der Waals surface area contributed by atoms with Crippen molar-refractivity contribution in [2.24, 2.45) is 11.8 Å². The van der Waals surface area contributed by atoms with Crippen molar-refractivity contribution in [2.75, 3.05) is 17.7 Å². The Hall–Kier alpha value is -7.21. The Labute approximate surface area is 353 Å². The van der Waals surface area contributed by atoms with Crippen LogP contribution in [0, 0.1) is 29.3 Å². The number of hydrogen-bond acceptors (Lipinski definition) is 10. The van der Waals surface area contributed by atoms with Crippen LogP contribution in [-0.2, 0) is 17.8 Å². The first-order chi connectivity index (χ1) is 29.7. The van der Waals surface area contributed by atoms with E-state index in [1.165, 1.54) is 59.4 Å². The van der Waals surface area contributed by atoms with Gasteiger partial charge in [0.25, 0.3) is 17.0 Å². The van der Waals surface area contributed by atoms with Crippen LogP contribution in [0.1, 0.15) is 58.4 Å². The minimum Gasteiger partial charge on any atom is -0.462 e. The molecule has 2 unspecified atom stereocenters. The summed E-state index contributed by atoms with van der Waals surface area (Å²) in [6.07, 6.45) is 5.62. The highest BCUT2D eigenvalue weighted by Gasteiger charge is 2.41. The second kappa shape index (κ2) is 16.7. The molecule has 0 spiro atoms. The van der Waals surface area contributed by atoms with Crippen molar-refractivity contribution < 1.29 is 32.2 Å². The maximum atomic E-state index is 15.6. The molecule has 15 nitrogen and oxygen atoms in total. The van der Waals surface area contributed by atoms with Crippen LogP contribution in [0.25, 0.3) is 11.4 Å². The summed E-state index contributed by atoms with van der Waals surface area (Å²) in [6, 6.07) is 12.9. The third-order valence-electron chi connectivity index (χ3n) is 10.6. The van der Waals surface area contributed by atoms with E-state index in [2.05, 4.69) is 10.3 Å². The molecule has 0 bridgehead atoms. The van der Waals surface area contributed by atoms with E-state index in [1.54, 1.807) is 6.92 Å². The quantitative estimate of drug-likeness (QED) is 0.134. The van der Waals surface area contributed by atoms with Crippen molar-refractivity contribution in [1.29, 1.82) is 0 Å². The van der Waals surface area contributed by atoms with Crippen LogP contribution in [0.3, 0.4) is 0 Å². The molecule has 3 N–H and O–H groups in total. The van der Waals surface area contributed by atoms with E-state index in [0.717, 1.165) is 52.4 Å². The molecule has 19 heteroatoms. The van der Waals surface area contributed by atoms with Gasteiger partial charge in [-0.25, -0.2) is 41.7 Å². The van der Waals surface area contributed by atoms with Gasteiger partial charge in [0, 0.05) is 49.5 Å². The molecule has 0 radical (unpaired) electrons. The molecule has 318 valence electrons. The molecule has 2 aliphatic rings. The van der Waals surface area contributed by atoms with Crippen molar-refractivity contribution in [1.82, 2.24) is 23.3 Å². The highest BCUT2D eigenvalue weighted by atomic mass is 35.5. The highest BCUT2D eigenvalue weighted by Crippen LogP contribution is 2.49. The second-order valence-electron chi connectivity index (χ2n) is 14.9. The van der Waals surface area contributed by atoms with E-state index in [9.17, 15) is 33.2 Å². The van der Waals surface area contributed by atoms with Crippen LogP contribution >= 0.6 is 11.6 Å². The molecule has 6 aromatic rings. The number of rotatable bonds is 13. The Bertz CT molecular complexity index is 3040. The molecule has 1 amide bonds. The lowest BCUT2D eigenvalue weighted by Gasteiger charge is -2.15. The van der Waals surface area contributed by atoms with Gasteiger partial charge >= 0.3 is 17.3 Å². The predicted octanol–water partition coefficient (Wildman–Crippen LogP) is 5.79. The Morgan fingerprint density at radius 3 is 2.18 bits per heavy atom. The van der Waals surface area contributed by atoms with Crippen molar-refractivity contribution in [3.05, 3.63) is 166 Å². The number of benzene rings is 3. The van der Waals surface area contributed by atoms with Crippen molar-refractivity contribution in [2.45, 2.75) is 45.2 Å². The highest BCUT2D eigenvalue weighted by molar-refractivity contribution is 6.34. The zero-order chi connectivity index (χ0) is 44.0. The summed E-state index contributed by atoms with van der Waals surface area (Å²) in [4.78, 5) is 85.4. The molecule has 3 aromatic heterocycles. The summed E-state index contributed by atoms with van der Waals surface area (Å²) in [5.74, 6) is -5.24. The van der Waals surface area contributed by atoms with Gasteiger partial charge in [-0.2, -0.15) is 0 Å². The molecule has 3 heterocycles. The number of aromatic nitrogens is 5. The lowest BCUT2D eigenvalue weighted by molar-refractivity contribution is 0.0522. The first-order valence-electron chi connectivity index (χ1n) is 19.4. The van der Waals surface area contributed by atoms with Crippen LogP contribution in [0.2, 0.25) is 5.02 Å². The van der Waals surface area contributed by atoms with Crippen LogP contribution in [0.4, 0.5) is 24.7 Å². The number of anilines is 2. The van der Waals surface area contributed by atoms with E-state index < -0.39 is 69.2 Å². The van der Waals surface area contributed by atoms with E-state index in [4.69, 9.17) is 26.8 Å². The van der Waals surface area contributed by atoms with Crippen LogP contribution < -0.4 is 38.3 Å². The van der Waals surface area contributed by atoms with Gasteiger partial charge in [-0.15, -0.1) is 0 Å². The fraction of sp³-hybridized carbons (Fsp3) is 0.233. The minimum absolute atomic E-state index is 0.00858. The third-order valence-corrected chi connectivity index (χ3v) is 10.9. The molecule has 2 atom stereocenters. The number of nitrogens with one attached hydrogen (secondary N) is 1. The van der Waals surface area contributed by atoms with E-state index in [-0.39, 0.29) is 76.1 Å². The Balaban J connectivity index is 1.10. The Morgan fingerprint density at radius 2 is 1.48 bits per heavy atom. The van der Waals surface area contributed by atoms with E-state index >= 15 is 8.78 Å². The van der Waals surface area contributed by atoms with Gasteiger partial charge in [-0.1, -0.05) is 11.6 Å². The maximum absolute atomic E-state index is 15.6. The molecular formula is C43H35ClF3N7O8. The van der Waals surface area contributed by atoms with Crippen molar-refractivity contribution in [3.8, 4) is 22.9 Å². The molecule has 62 heavy (non-hydrogen) atoms. The molecule has 2 fully saturated rings. The van der Waals surface area contributed by atoms with Gasteiger partial charge < -0.3 is 20.5 Å². The van der Waals surface area contributed by atoms with Gasteiger partial charge in [0.2, 0.25) is 0 Å². The topological polar surface area (TPSA) is 192 Å². The number of hydrogen-bond donors (Lipinski definition) is 2.